The van der Waals surface area contributed by atoms with Gasteiger partial charge in [-0.1, -0.05) is 66.7 Å². The summed E-state index contributed by atoms with van der Waals surface area (Å²) in [6, 6.07) is 28.3. The number of hydrogen-bond donors (Lipinski definition) is 2. The molecule has 0 saturated carbocycles. The highest BCUT2D eigenvalue weighted by molar-refractivity contribution is 8.00. The van der Waals surface area contributed by atoms with E-state index in [1.807, 2.05) is 12.1 Å². The van der Waals surface area contributed by atoms with Crippen LogP contribution >= 0.6 is 0 Å². The highest BCUT2D eigenvalue weighted by Gasteiger charge is 2.57. The minimum atomic E-state index is -6.58. The van der Waals surface area contributed by atoms with Crippen LogP contribution in [0.25, 0.3) is 22.4 Å². The molecule has 0 fully saturated rings. The Morgan fingerprint density at radius 3 is 1.94 bits per heavy atom. The van der Waals surface area contributed by atoms with Crippen LogP contribution in [0.4, 0.5) is 26.3 Å². The summed E-state index contributed by atoms with van der Waals surface area (Å²) in [5, 5.41) is 19.8. The first-order chi connectivity index (χ1) is 22.3. The predicted molar refractivity (Wildman–Crippen MR) is 174 cm³/mol. The highest BCUT2D eigenvalue weighted by Crippen LogP contribution is 2.47. The first-order valence-corrected chi connectivity index (χ1v) is 18.5. The number of sulfone groups is 2. The lowest BCUT2D eigenvalue weighted by molar-refractivity contribution is -0.0437. The Bertz CT molecular complexity index is 2250. The molecule has 250 valence electrons. The molecule has 4 aromatic rings. The molecule has 0 spiro atoms. The molecule has 0 amide bonds. The number of fused-ring (bicyclic) bond motifs is 4. The Labute approximate surface area is 274 Å². The Morgan fingerprint density at radius 1 is 0.708 bits per heavy atom. The van der Waals surface area contributed by atoms with Crippen molar-refractivity contribution >= 4 is 58.7 Å². The summed E-state index contributed by atoms with van der Waals surface area (Å²) >= 11 is 0. The molecule has 15 heteroatoms. The van der Waals surface area contributed by atoms with Crippen LogP contribution in [0, 0.1) is 5.41 Å². The van der Waals surface area contributed by atoms with Crippen molar-refractivity contribution < 1.29 is 48.3 Å². The van der Waals surface area contributed by atoms with E-state index in [0.29, 0.717) is 5.75 Å². The van der Waals surface area contributed by atoms with Gasteiger partial charge in [-0.2, -0.15) is 26.3 Å². The maximum absolute atomic E-state index is 13.0. The fourth-order valence-electron chi connectivity index (χ4n) is 5.17. The molecular formula is C33H24F6NO5S3+. The third kappa shape index (κ3) is 6.41. The quantitative estimate of drug-likeness (QED) is 0.160. The van der Waals surface area contributed by atoms with E-state index in [0.717, 1.165) is 11.8 Å². The van der Waals surface area contributed by atoms with E-state index in [1.165, 1.54) is 45.5 Å². The Morgan fingerprint density at radius 2 is 1.29 bits per heavy atom. The van der Waals surface area contributed by atoms with Crippen molar-refractivity contribution in [2.45, 2.75) is 21.7 Å². The standard InChI is InChI=1S/C18H16OS.C15H7F6NO4S2/c1-20(17-11-9-16(19)10-12-17)13-15-7-4-6-14-5-2-3-8-18(14)15;16-14(17,18)27(23,24)11-6-9-8-4-2-1-3-7(8)5-10(9)12(22)13(11)28(25,26)15(19,20)21/h2-12H,13H2,1H3;1-6,22H/p+1. The third-order valence-corrected chi connectivity index (χ3v) is 12.5. The van der Waals surface area contributed by atoms with Crippen molar-refractivity contribution in [3.05, 3.63) is 129 Å². The molecule has 6 rings (SSSR count). The van der Waals surface area contributed by atoms with E-state index in [-0.39, 0.29) is 33.7 Å². The average molecular weight is 725 g/mol. The lowest BCUT2D eigenvalue weighted by atomic mass is 9.95. The van der Waals surface area contributed by atoms with Gasteiger partial charge in [0.15, 0.2) is 4.90 Å². The molecular weight excluding hydrogens is 701 g/mol. The number of halogens is 6. The molecule has 2 aliphatic rings. The molecule has 4 aromatic carbocycles. The van der Waals surface area contributed by atoms with Gasteiger partial charge in [-0.3, -0.25) is 5.41 Å². The predicted octanol–water partition coefficient (Wildman–Crippen LogP) is 7.93. The van der Waals surface area contributed by atoms with E-state index in [1.54, 1.807) is 12.1 Å². The van der Waals surface area contributed by atoms with Crippen molar-refractivity contribution in [3.8, 4) is 5.75 Å². The lowest BCUT2D eigenvalue weighted by Gasteiger charge is -2.23. The van der Waals surface area contributed by atoms with Gasteiger partial charge >= 0.3 is 11.0 Å². The largest absolute Gasteiger partial charge is 0.508 e. The third-order valence-electron chi connectivity index (χ3n) is 7.50. The van der Waals surface area contributed by atoms with Crippen LogP contribution in [0.3, 0.4) is 0 Å². The van der Waals surface area contributed by atoms with Crippen LogP contribution in [0.15, 0.2) is 117 Å². The molecule has 0 radical (unpaired) electrons. The minimum absolute atomic E-state index is 0.140. The summed E-state index contributed by atoms with van der Waals surface area (Å²) in [6.07, 6.45) is 3.58. The molecule has 2 aliphatic carbocycles. The Hall–Kier alpha value is -4.34. The van der Waals surface area contributed by atoms with Gasteiger partial charge in [-0.05, 0) is 63.9 Å². The van der Waals surface area contributed by atoms with Crippen molar-refractivity contribution in [3.63, 3.8) is 0 Å². The fourth-order valence-corrected chi connectivity index (χ4v) is 9.12. The second kappa shape index (κ2) is 12.6. The van der Waals surface area contributed by atoms with Crippen LogP contribution in [-0.4, -0.2) is 44.9 Å². The van der Waals surface area contributed by atoms with Gasteiger partial charge in [0.2, 0.25) is 0 Å². The topological polar surface area (TPSA) is 112 Å². The molecule has 2 N–H and O–H groups in total. The van der Waals surface area contributed by atoms with E-state index in [4.69, 9.17) is 5.41 Å². The molecule has 0 heterocycles. The normalized spacial score (nSPS) is 15.6. The number of hydrogen-bond acceptors (Lipinski definition) is 6. The molecule has 0 bridgehead atoms. The summed E-state index contributed by atoms with van der Waals surface area (Å²) < 4.78 is 126. The molecule has 6 nitrogen and oxygen atoms in total. The van der Waals surface area contributed by atoms with Crippen LogP contribution in [0.2, 0.25) is 0 Å². The van der Waals surface area contributed by atoms with Crippen molar-refractivity contribution in [2.75, 3.05) is 6.26 Å². The molecule has 1 atom stereocenters. The van der Waals surface area contributed by atoms with E-state index < -0.39 is 51.8 Å². The summed E-state index contributed by atoms with van der Waals surface area (Å²) in [6.45, 7) is 0. The Kier molecular flexibility index (Phi) is 9.18. The second-order valence-electron chi connectivity index (χ2n) is 10.6. The lowest BCUT2D eigenvalue weighted by Crippen LogP contribution is -2.35. The number of aromatic hydroxyl groups is 1. The molecule has 0 saturated heterocycles. The molecule has 48 heavy (non-hydrogen) atoms. The SMILES string of the molecule is C[S+](Cc1cccc2ccccc12)c1ccc(O)cc1.N=C1C2=Cc3ccccc3C2=CC(S(=O)(=O)C(F)(F)F)=C1S(=O)(=O)C(F)(F)F. The molecule has 0 aromatic heterocycles. The first-order valence-electron chi connectivity index (χ1n) is 13.7. The van der Waals surface area contributed by atoms with Crippen LogP contribution in [-0.2, 0) is 36.3 Å². The monoisotopic (exact) mass is 724 g/mol. The van der Waals surface area contributed by atoms with Crippen LogP contribution < -0.4 is 0 Å². The zero-order valence-corrected chi connectivity index (χ0v) is 27.0. The van der Waals surface area contributed by atoms with Crippen LogP contribution in [0.1, 0.15) is 16.7 Å². The summed E-state index contributed by atoms with van der Waals surface area (Å²) in [7, 11) is -12.9. The van der Waals surface area contributed by atoms with Gasteiger partial charge in [0.05, 0.1) is 10.6 Å². The molecule has 1 unspecified atom stereocenters. The summed E-state index contributed by atoms with van der Waals surface area (Å²) in [5.41, 5.74) is -12.6. The van der Waals surface area contributed by atoms with Crippen molar-refractivity contribution in [2.24, 2.45) is 0 Å². The van der Waals surface area contributed by atoms with Gasteiger partial charge in [-0.15, -0.1) is 0 Å². The smallest absolute Gasteiger partial charge is 0.502 e. The van der Waals surface area contributed by atoms with E-state index >= 15 is 0 Å². The number of phenols is 1. The second-order valence-corrected chi connectivity index (χ2v) is 16.4. The number of alkyl halides is 6. The van der Waals surface area contributed by atoms with Gasteiger partial charge in [-0.25, -0.2) is 16.8 Å². The summed E-state index contributed by atoms with van der Waals surface area (Å²) in [4.78, 5) is -3.10. The highest BCUT2D eigenvalue weighted by atomic mass is 32.2. The number of phenolic OH excluding ortho intramolecular Hbond substituents is 1. The minimum Gasteiger partial charge on any atom is -0.508 e. The average Bonchev–Trinajstić information content (AvgIpc) is 3.40. The van der Waals surface area contributed by atoms with Gasteiger partial charge in [0.25, 0.3) is 19.7 Å². The number of allylic oxidation sites excluding steroid dienone is 4. The summed E-state index contributed by atoms with van der Waals surface area (Å²) in [5.74, 6) is 1.36. The maximum Gasteiger partial charge on any atom is 0.502 e. The zero-order chi connectivity index (χ0) is 35.2. The fraction of sp³-hybridized carbons (Fsp3) is 0.121. The van der Waals surface area contributed by atoms with Crippen molar-refractivity contribution in [1.29, 1.82) is 5.41 Å². The van der Waals surface area contributed by atoms with E-state index in [2.05, 4.69) is 48.7 Å². The maximum atomic E-state index is 13.0. The van der Waals surface area contributed by atoms with E-state index in [9.17, 15) is 48.3 Å². The zero-order valence-electron chi connectivity index (χ0n) is 24.6. The first kappa shape index (κ1) is 35.0. The number of nitrogens with one attached hydrogen (secondary N) is 1. The van der Waals surface area contributed by atoms with Crippen molar-refractivity contribution in [1.82, 2.24) is 0 Å². The van der Waals surface area contributed by atoms with Gasteiger partial charge in [0, 0.05) is 22.0 Å². The number of rotatable bonds is 5. The molecule has 0 aliphatic heterocycles. The Balaban J connectivity index is 0.000000198. The van der Waals surface area contributed by atoms with Crippen LogP contribution in [0.5, 0.6) is 5.75 Å². The number of benzene rings is 4. The van der Waals surface area contributed by atoms with Gasteiger partial charge < -0.3 is 5.11 Å². The van der Waals surface area contributed by atoms with Gasteiger partial charge in [0.1, 0.15) is 22.7 Å².